The fourth-order valence-electron chi connectivity index (χ4n) is 2.03. The molecule has 1 unspecified atom stereocenters. The monoisotopic (exact) mass is 252 g/mol. The Kier molecular flexibility index (Phi) is 4.16. The predicted molar refractivity (Wildman–Crippen MR) is 71.2 cm³/mol. The highest BCUT2D eigenvalue weighted by molar-refractivity contribution is 5.48. The van der Waals surface area contributed by atoms with Crippen LogP contribution in [0, 0.1) is 0 Å². The lowest BCUT2D eigenvalue weighted by molar-refractivity contribution is 0.0368. The molecule has 5 N–H and O–H groups in total. The molecule has 0 bridgehead atoms. The van der Waals surface area contributed by atoms with E-state index in [1.165, 1.54) is 0 Å². The van der Waals surface area contributed by atoms with Gasteiger partial charge < -0.3 is 21.5 Å². The molecule has 0 amide bonds. The van der Waals surface area contributed by atoms with Crippen molar-refractivity contribution < 1.29 is 4.74 Å². The number of nitrogen functional groups attached to an aromatic ring is 2. The Bertz CT molecular complexity index is 373. The van der Waals surface area contributed by atoms with E-state index in [9.17, 15) is 0 Å². The number of anilines is 3. The van der Waals surface area contributed by atoms with Gasteiger partial charge in [-0.05, 0) is 6.92 Å². The third-order valence-electron chi connectivity index (χ3n) is 2.79. The first-order valence-corrected chi connectivity index (χ1v) is 6.10. The predicted octanol–water partition coefficient (Wildman–Crippen LogP) is -0.226. The second-order valence-electron chi connectivity index (χ2n) is 4.49. The number of ether oxygens (including phenoxy) is 1. The summed E-state index contributed by atoms with van der Waals surface area (Å²) in [5.41, 5.74) is 11.2. The third-order valence-corrected chi connectivity index (χ3v) is 2.79. The van der Waals surface area contributed by atoms with Crippen molar-refractivity contribution in [1.29, 1.82) is 0 Å². The van der Waals surface area contributed by atoms with Gasteiger partial charge in [0.2, 0.25) is 5.95 Å². The molecule has 0 spiro atoms. The van der Waals surface area contributed by atoms with E-state index in [1.807, 2.05) is 0 Å². The standard InChI is InChI=1S/C11H20N6O/c1-8(7-17-2-4-18-5-3-17)14-10-6-9(12)15-11(13)16-10/h6,8H,2-5,7H2,1H3,(H5,12,13,14,15,16). The van der Waals surface area contributed by atoms with Crippen molar-refractivity contribution in [2.45, 2.75) is 13.0 Å². The zero-order valence-electron chi connectivity index (χ0n) is 10.6. The van der Waals surface area contributed by atoms with Crippen LogP contribution < -0.4 is 16.8 Å². The van der Waals surface area contributed by atoms with Crippen LogP contribution in [0.4, 0.5) is 17.6 Å². The maximum absolute atomic E-state index is 5.62. The van der Waals surface area contributed by atoms with E-state index in [1.54, 1.807) is 6.07 Å². The first-order valence-electron chi connectivity index (χ1n) is 6.10. The van der Waals surface area contributed by atoms with Crippen LogP contribution in [0.25, 0.3) is 0 Å². The minimum absolute atomic E-state index is 0.191. The lowest BCUT2D eigenvalue weighted by Gasteiger charge is -2.29. The van der Waals surface area contributed by atoms with Crippen molar-refractivity contribution >= 4 is 17.6 Å². The fraction of sp³-hybridized carbons (Fsp3) is 0.636. The van der Waals surface area contributed by atoms with E-state index < -0.39 is 0 Å². The second-order valence-corrected chi connectivity index (χ2v) is 4.49. The van der Waals surface area contributed by atoms with Gasteiger partial charge in [0, 0.05) is 31.7 Å². The van der Waals surface area contributed by atoms with Gasteiger partial charge in [0.25, 0.3) is 0 Å². The molecule has 0 radical (unpaired) electrons. The zero-order valence-corrected chi connectivity index (χ0v) is 10.6. The summed E-state index contributed by atoms with van der Waals surface area (Å²) in [6, 6.07) is 1.95. The van der Waals surface area contributed by atoms with Crippen molar-refractivity contribution in [3.05, 3.63) is 6.07 Å². The van der Waals surface area contributed by atoms with Gasteiger partial charge in [-0.2, -0.15) is 9.97 Å². The van der Waals surface area contributed by atoms with Crippen molar-refractivity contribution in [3.8, 4) is 0 Å². The average molecular weight is 252 g/mol. The smallest absolute Gasteiger partial charge is 0.223 e. The van der Waals surface area contributed by atoms with Gasteiger partial charge in [-0.15, -0.1) is 0 Å². The molecule has 2 heterocycles. The molecule has 0 saturated carbocycles. The normalized spacial score (nSPS) is 18.5. The van der Waals surface area contributed by atoms with Crippen LogP contribution in [0.3, 0.4) is 0 Å². The number of rotatable bonds is 4. The van der Waals surface area contributed by atoms with E-state index in [4.69, 9.17) is 16.2 Å². The number of hydrogen-bond donors (Lipinski definition) is 3. The van der Waals surface area contributed by atoms with Gasteiger partial charge in [0.05, 0.1) is 13.2 Å². The maximum atomic E-state index is 5.62. The summed E-state index contributed by atoms with van der Waals surface area (Å²) < 4.78 is 5.32. The van der Waals surface area contributed by atoms with Crippen molar-refractivity contribution in [2.24, 2.45) is 0 Å². The molecule has 0 aliphatic carbocycles. The van der Waals surface area contributed by atoms with Crippen molar-refractivity contribution in [1.82, 2.24) is 14.9 Å². The fourth-order valence-corrected chi connectivity index (χ4v) is 2.03. The Morgan fingerprint density at radius 3 is 2.78 bits per heavy atom. The molecule has 0 aromatic carbocycles. The molecule has 100 valence electrons. The quantitative estimate of drug-likeness (QED) is 0.680. The summed E-state index contributed by atoms with van der Waals surface area (Å²) in [4.78, 5) is 10.3. The Morgan fingerprint density at radius 2 is 2.11 bits per heavy atom. The largest absolute Gasteiger partial charge is 0.383 e. The van der Waals surface area contributed by atoms with Crippen LogP contribution in [-0.4, -0.2) is 53.8 Å². The lowest BCUT2D eigenvalue weighted by atomic mass is 10.3. The molecule has 18 heavy (non-hydrogen) atoms. The Morgan fingerprint density at radius 1 is 1.39 bits per heavy atom. The number of nitrogens with two attached hydrogens (primary N) is 2. The molecular weight excluding hydrogens is 232 g/mol. The summed E-state index contributed by atoms with van der Waals surface area (Å²) in [7, 11) is 0. The van der Waals surface area contributed by atoms with Crippen LogP contribution in [-0.2, 0) is 4.74 Å². The van der Waals surface area contributed by atoms with Crippen LogP contribution in [0.2, 0.25) is 0 Å². The first kappa shape index (κ1) is 12.8. The molecule has 1 aromatic heterocycles. The number of hydrogen-bond acceptors (Lipinski definition) is 7. The van der Waals surface area contributed by atoms with Gasteiger partial charge in [-0.3, -0.25) is 4.90 Å². The molecule has 7 heteroatoms. The molecule has 1 fully saturated rings. The SMILES string of the molecule is CC(CN1CCOCC1)Nc1cc(N)nc(N)n1. The van der Waals surface area contributed by atoms with Gasteiger partial charge in [-0.25, -0.2) is 0 Å². The molecule has 1 aliphatic heterocycles. The highest BCUT2D eigenvalue weighted by Crippen LogP contribution is 2.11. The summed E-state index contributed by atoms with van der Waals surface area (Å²) in [6.07, 6.45) is 0. The van der Waals surface area contributed by atoms with Crippen molar-refractivity contribution in [2.75, 3.05) is 49.6 Å². The minimum Gasteiger partial charge on any atom is -0.383 e. The number of nitrogens with one attached hydrogen (secondary N) is 1. The number of nitrogens with zero attached hydrogens (tertiary/aromatic N) is 3. The van der Waals surface area contributed by atoms with Gasteiger partial charge in [0.1, 0.15) is 11.6 Å². The lowest BCUT2D eigenvalue weighted by Crippen LogP contribution is -2.42. The molecular formula is C11H20N6O. The molecule has 2 rings (SSSR count). The Balaban J connectivity index is 1.87. The van der Waals surface area contributed by atoms with Crippen LogP contribution in [0.1, 0.15) is 6.92 Å². The van der Waals surface area contributed by atoms with E-state index in [0.29, 0.717) is 11.6 Å². The van der Waals surface area contributed by atoms with E-state index in [0.717, 1.165) is 32.8 Å². The molecule has 1 aromatic rings. The van der Waals surface area contributed by atoms with Gasteiger partial charge in [0.15, 0.2) is 0 Å². The topological polar surface area (TPSA) is 102 Å². The van der Waals surface area contributed by atoms with E-state index >= 15 is 0 Å². The minimum atomic E-state index is 0.191. The van der Waals surface area contributed by atoms with E-state index in [2.05, 4.69) is 27.1 Å². The van der Waals surface area contributed by atoms with Gasteiger partial charge in [-0.1, -0.05) is 0 Å². The maximum Gasteiger partial charge on any atom is 0.223 e. The first-order chi connectivity index (χ1) is 8.63. The van der Waals surface area contributed by atoms with Gasteiger partial charge >= 0.3 is 0 Å². The highest BCUT2D eigenvalue weighted by atomic mass is 16.5. The second kappa shape index (κ2) is 5.83. The third kappa shape index (κ3) is 3.71. The number of morpholine rings is 1. The Hall–Kier alpha value is -1.60. The summed E-state index contributed by atoms with van der Waals surface area (Å²) >= 11 is 0. The van der Waals surface area contributed by atoms with Crippen LogP contribution in [0.15, 0.2) is 6.07 Å². The highest BCUT2D eigenvalue weighted by Gasteiger charge is 2.14. The van der Waals surface area contributed by atoms with E-state index in [-0.39, 0.29) is 12.0 Å². The molecule has 1 aliphatic rings. The summed E-state index contributed by atoms with van der Waals surface area (Å²) in [5, 5.41) is 3.28. The summed E-state index contributed by atoms with van der Waals surface area (Å²) in [5.74, 6) is 1.24. The molecule has 7 nitrogen and oxygen atoms in total. The Labute approximate surface area is 107 Å². The van der Waals surface area contributed by atoms with Crippen LogP contribution >= 0.6 is 0 Å². The molecule has 1 atom stereocenters. The number of aromatic nitrogens is 2. The summed E-state index contributed by atoms with van der Waals surface area (Å²) in [6.45, 7) is 6.59. The average Bonchev–Trinajstić information content (AvgIpc) is 2.28. The molecule has 1 saturated heterocycles. The van der Waals surface area contributed by atoms with Crippen molar-refractivity contribution in [3.63, 3.8) is 0 Å². The zero-order chi connectivity index (χ0) is 13.0. The van der Waals surface area contributed by atoms with Crippen LogP contribution in [0.5, 0.6) is 0 Å².